The van der Waals surface area contributed by atoms with E-state index in [-0.39, 0.29) is 11.1 Å². The van der Waals surface area contributed by atoms with Crippen molar-refractivity contribution in [3.63, 3.8) is 0 Å². The summed E-state index contributed by atoms with van der Waals surface area (Å²) in [5, 5.41) is 18.9. The first-order valence-corrected chi connectivity index (χ1v) is 9.26. The highest BCUT2D eigenvalue weighted by Crippen LogP contribution is 2.12. The summed E-state index contributed by atoms with van der Waals surface area (Å²) in [5.41, 5.74) is -0.553. The molecule has 1 rings (SSSR count). The number of carboxylic acids is 2. The van der Waals surface area contributed by atoms with Crippen molar-refractivity contribution < 1.29 is 24.3 Å². The molecule has 0 aliphatic rings. The second-order valence-corrected chi connectivity index (χ2v) is 6.37. The van der Waals surface area contributed by atoms with E-state index in [4.69, 9.17) is 5.11 Å². The number of carbonyl (C=O) groups is 2. The second-order valence-electron chi connectivity index (χ2n) is 6.37. The summed E-state index contributed by atoms with van der Waals surface area (Å²) in [4.78, 5) is 20.8. The summed E-state index contributed by atoms with van der Waals surface area (Å²) < 4.78 is 1.38. The first-order valence-electron chi connectivity index (χ1n) is 9.26. The van der Waals surface area contributed by atoms with Crippen LogP contribution in [0.2, 0.25) is 0 Å². The Balaban J connectivity index is 0.000000462. The minimum absolute atomic E-state index is 0.252. The summed E-state index contributed by atoms with van der Waals surface area (Å²) in [7, 11) is 0. The highest BCUT2D eigenvalue weighted by molar-refractivity contribution is 6.00. The maximum absolute atomic E-state index is 10.4. The van der Waals surface area contributed by atoms with Gasteiger partial charge in [0.25, 0.3) is 0 Å². The summed E-state index contributed by atoms with van der Waals surface area (Å²) >= 11 is 0. The fraction of sp³-hybridized carbons (Fsp3) is 0.600. The molecule has 142 valence electrons. The first kappa shape index (κ1) is 23.1. The molecule has 0 atom stereocenters. The lowest BCUT2D eigenvalue weighted by atomic mass is 10.1. The molecule has 0 amide bonds. The maximum Gasteiger partial charge on any atom is 0.336 e. The van der Waals surface area contributed by atoms with Crippen molar-refractivity contribution in [3.8, 4) is 0 Å². The van der Waals surface area contributed by atoms with Gasteiger partial charge in [0.05, 0.1) is 37.7 Å². The monoisotopic (exact) mass is 351 g/mol. The lowest BCUT2D eigenvalue weighted by Gasteiger charge is -2.38. The van der Waals surface area contributed by atoms with Gasteiger partial charge in [0.2, 0.25) is 0 Å². The molecule has 1 aromatic rings. The van der Waals surface area contributed by atoms with Crippen molar-refractivity contribution in [3.05, 3.63) is 35.4 Å². The fourth-order valence-corrected chi connectivity index (χ4v) is 3.42. The average molecular weight is 351 g/mol. The van der Waals surface area contributed by atoms with Gasteiger partial charge < -0.3 is 19.5 Å². The molecule has 0 unspecified atom stereocenters. The number of nitrogens with zero attached hydrogens (tertiary/aromatic N) is 1. The van der Waals surface area contributed by atoms with Crippen LogP contribution >= 0.6 is 0 Å². The van der Waals surface area contributed by atoms with Gasteiger partial charge >= 0.3 is 5.97 Å². The molecule has 5 heteroatoms. The number of benzene rings is 1. The van der Waals surface area contributed by atoms with E-state index in [0.29, 0.717) is 0 Å². The van der Waals surface area contributed by atoms with Crippen LogP contribution in [0.1, 0.15) is 74.1 Å². The van der Waals surface area contributed by atoms with E-state index in [1.54, 1.807) is 0 Å². The highest BCUT2D eigenvalue weighted by atomic mass is 16.4. The number of aromatic carboxylic acids is 2. The Kier molecular flexibility index (Phi) is 11.5. The molecule has 0 spiro atoms. The fourth-order valence-electron chi connectivity index (χ4n) is 3.42. The molecule has 0 saturated heterocycles. The third-order valence-electron chi connectivity index (χ3n) is 4.17. The van der Waals surface area contributed by atoms with Gasteiger partial charge in [-0.05, 0) is 31.7 Å². The van der Waals surface area contributed by atoms with E-state index in [9.17, 15) is 14.7 Å². The van der Waals surface area contributed by atoms with Crippen LogP contribution in [-0.4, -0.2) is 47.7 Å². The van der Waals surface area contributed by atoms with Gasteiger partial charge in [0, 0.05) is 5.56 Å². The summed E-state index contributed by atoms with van der Waals surface area (Å²) in [6.45, 7) is 14.8. The van der Waals surface area contributed by atoms with Crippen molar-refractivity contribution in [2.75, 3.05) is 26.2 Å². The molecular formula is C20H33NO4. The standard InChI is InChI=1S/C12H28N.C8H6O4/c1-5-9-13(10-6-2,11-7-3)12-8-4;9-7(10)5-3-1-2-4-6(5)8(11)12/h5-12H2,1-4H3;1-4H,(H,9,10)(H,11,12)/q+1;/p-1. The van der Waals surface area contributed by atoms with Crippen LogP contribution in [0.3, 0.4) is 0 Å². The van der Waals surface area contributed by atoms with Crippen LogP contribution < -0.4 is 5.11 Å². The Labute approximate surface area is 151 Å². The molecule has 1 N–H and O–H groups in total. The van der Waals surface area contributed by atoms with Crippen LogP contribution in [0.25, 0.3) is 0 Å². The van der Waals surface area contributed by atoms with Crippen LogP contribution in [0.4, 0.5) is 0 Å². The number of quaternary nitrogens is 1. The van der Waals surface area contributed by atoms with Gasteiger partial charge in [0.15, 0.2) is 0 Å². The highest BCUT2D eigenvalue weighted by Gasteiger charge is 2.22. The molecular weight excluding hydrogens is 318 g/mol. The summed E-state index contributed by atoms with van der Waals surface area (Å²) in [6.07, 6.45) is 5.33. The molecule has 0 aromatic heterocycles. The second kappa shape index (κ2) is 12.5. The lowest BCUT2D eigenvalue weighted by molar-refractivity contribution is -0.928. The van der Waals surface area contributed by atoms with E-state index in [2.05, 4.69) is 27.7 Å². The topological polar surface area (TPSA) is 77.4 Å². The van der Waals surface area contributed by atoms with E-state index in [1.807, 2.05) is 0 Å². The van der Waals surface area contributed by atoms with Crippen LogP contribution in [0.15, 0.2) is 24.3 Å². The number of hydrogen-bond acceptors (Lipinski definition) is 3. The molecule has 0 saturated carbocycles. The number of carboxylic acid groups (broad SMARTS) is 2. The Morgan fingerprint density at radius 2 is 1.20 bits per heavy atom. The summed E-state index contributed by atoms with van der Waals surface area (Å²) in [5.74, 6) is -2.75. The molecule has 0 bridgehead atoms. The van der Waals surface area contributed by atoms with Crippen molar-refractivity contribution in [2.45, 2.75) is 53.4 Å². The quantitative estimate of drug-likeness (QED) is 0.657. The van der Waals surface area contributed by atoms with Crippen molar-refractivity contribution in [2.24, 2.45) is 0 Å². The molecule has 1 aromatic carbocycles. The molecule has 25 heavy (non-hydrogen) atoms. The zero-order valence-electron chi connectivity index (χ0n) is 16.1. The Morgan fingerprint density at radius 1 is 0.840 bits per heavy atom. The van der Waals surface area contributed by atoms with Gasteiger partial charge in [-0.1, -0.05) is 45.9 Å². The van der Waals surface area contributed by atoms with Gasteiger partial charge in [-0.2, -0.15) is 0 Å². The molecule has 0 fully saturated rings. The first-order chi connectivity index (χ1) is 11.9. The predicted octanol–water partition coefficient (Wildman–Crippen LogP) is 3.19. The van der Waals surface area contributed by atoms with E-state index in [0.717, 1.165) is 0 Å². The van der Waals surface area contributed by atoms with Gasteiger partial charge in [-0.15, -0.1) is 0 Å². The molecule has 0 heterocycles. The van der Waals surface area contributed by atoms with Crippen molar-refractivity contribution >= 4 is 11.9 Å². The molecule has 5 nitrogen and oxygen atoms in total. The minimum atomic E-state index is -1.48. The summed E-state index contributed by atoms with van der Waals surface area (Å²) in [6, 6.07) is 5.31. The molecule has 0 radical (unpaired) electrons. The number of rotatable bonds is 10. The minimum Gasteiger partial charge on any atom is -0.545 e. The van der Waals surface area contributed by atoms with Gasteiger partial charge in [0.1, 0.15) is 0 Å². The zero-order chi connectivity index (χ0) is 19.3. The van der Waals surface area contributed by atoms with Crippen molar-refractivity contribution in [1.29, 1.82) is 0 Å². The lowest BCUT2D eigenvalue weighted by Crippen LogP contribution is -2.50. The number of hydrogen-bond donors (Lipinski definition) is 1. The van der Waals surface area contributed by atoms with Crippen LogP contribution in [0, 0.1) is 0 Å². The Bertz CT molecular complexity index is 466. The van der Waals surface area contributed by atoms with E-state index in [1.165, 1.54) is 80.6 Å². The Morgan fingerprint density at radius 3 is 1.44 bits per heavy atom. The van der Waals surface area contributed by atoms with Crippen molar-refractivity contribution in [1.82, 2.24) is 0 Å². The predicted molar refractivity (Wildman–Crippen MR) is 98.6 cm³/mol. The van der Waals surface area contributed by atoms with Gasteiger partial charge in [-0.3, -0.25) is 0 Å². The van der Waals surface area contributed by atoms with Crippen LogP contribution in [-0.2, 0) is 0 Å². The SMILES string of the molecule is CCC[N+](CCC)(CCC)CCC.O=C([O-])c1ccccc1C(=O)O. The zero-order valence-corrected chi connectivity index (χ0v) is 16.1. The molecule has 0 aliphatic carbocycles. The third kappa shape index (κ3) is 8.16. The van der Waals surface area contributed by atoms with Crippen LogP contribution in [0.5, 0.6) is 0 Å². The maximum atomic E-state index is 10.4. The smallest absolute Gasteiger partial charge is 0.336 e. The largest absolute Gasteiger partial charge is 0.545 e. The Hall–Kier alpha value is -1.88. The molecule has 0 aliphatic heterocycles. The van der Waals surface area contributed by atoms with E-state index < -0.39 is 11.9 Å². The third-order valence-corrected chi connectivity index (χ3v) is 4.17. The average Bonchev–Trinajstić information content (AvgIpc) is 2.56. The van der Waals surface area contributed by atoms with Gasteiger partial charge in [-0.25, -0.2) is 4.79 Å². The number of carbonyl (C=O) groups excluding carboxylic acids is 1. The normalized spacial score (nSPS) is 10.7. The van der Waals surface area contributed by atoms with E-state index >= 15 is 0 Å².